The molecule has 0 spiro atoms. The van der Waals surface area contributed by atoms with E-state index in [2.05, 4.69) is 10.6 Å². The van der Waals surface area contributed by atoms with Gasteiger partial charge in [-0.3, -0.25) is 4.79 Å². The molecule has 2 rings (SSSR count). The van der Waals surface area contributed by atoms with Gasteiger partial charge in [-0.05, 0) is 26.7 Å². The van der Waals surface area contributed by atoms with E-state index in [0.29, 0.717) is 6.61 Å². The number of amides is 1. The van der Waals surface area contributed by atoms with Crippen molar-refractivity contribution in [2.45, 2.75) is 51.0 Å². The van der Waals surface area contributed by atoms with Crippen LogP contribution in [0.1, 0.15) is 26.7 Å². The predicted octanol–water partition coefficient (Wildman–Crippen LogP) is 0.0470. The van der Waals surface area contributed by atoms with Gasteiger partial charge in [0.05, 0.1) is 24.9 Å². The van der Waals surface area contributed by atoms with Gasteiger partial charge < -0.3 is 20.1 Å². The second-order valence-corrected chi connectivity index (χ2v) is 4.86. The molecule has 2 aliphatic rings. The van der Waals surface area contributed by atoms with E-state index < -0.39 is 0 Å². The summed E-state index contributed by atoms with van der Waals surface area (Å²) in [5.74, 6) is 0.0141. The van der Waals surface area contributed by atoms with Gasteiger partial charge in [-0.15, -0.1) is 0 Å². The number of hydrogen-bond donors (Lipinski definition) is 2. The van der Waals surface area contributed by atoms with Crippen molar-refractivity contribution in [1.82, 2.24) is 10.6 Å². The Morgan fingerprint density at radius 1 is 1.41 bits per heavy atom. The van der Waals surface area contributed by atoms with E-state index in [0.717, 1.165) is 26.0 Å². The third-order valence-corrected chi connectivity index (χ3v) is 3.49. The number of carbonyl (C=O) groups is 1. The van der Waals surface area contributed by atoms with Gasteiger partial charge in [0, 0.05) is 13.2 Å². The van der Waals surface area contributed by atoms with E-state index in [1.165, 1.54) is 0 Å². The Labute approximate surface area is 102 Å². The summed E-state index contributed by atoms with van der Waals surface area (Å²) in [6.07, 6.45) is 2.22. The van der Waals surface area contributed by atoms with E-state index in [9.17, 15) is 4.79 Å². The Kier molecular flexibility index (Phi) is 4.36. The summed E-state index contributed by atoms with van der Waals surface area (Å²) in [4.78, 5) is 12.1. The molecule has 2 unspecified atom stereocenters. The summed E-state index contributed by atoms with van der Waals surface area (Å²) in [6.45, 7) is 6.14. The lowest BCUT2D eigenvalue weighted by atomic mass is 10.1. The second-order valence-electron chi connectivity index (χ2n) is 4.86. The maximum Gasteiger partial charge on any atom is 0.240 e. The quantitative estimate of drug-likeness (QED) is 0.734. The molecule has 0 saturated carbocycles. The highest BCUT2D eigenvalue weighted by Gasteiger charge is 2.31. The zero-order valence-corrected chi connectivity index (χ0v) is 10.6. The van der Waals surface area contributed by atoms with Crippen molar-refractivity contribution in [3.8, 4) is 0 Å². The SMILES string of the molecule is CC(NC(=O)[C@H]1NCCO[C@@H]1C)C1CCCO1. The molecule has 5 heteroatoms. The molecule has 0 bridgehead atoms. The zero-order chi connectivity index (χ0) is 12.3. The Morgan fingerprint density at radius 3 is 2.88 bits per heavy atom. The molecule has 98 valence electrons. The monoisotopic (exact) mass is 242 g/mol. The molecule has 4 atom stereocenters. The zero-order valence-electron chi connectivity index (χ0n) is 10.6. The highest BCUT2D eigenvalue weighted by atomic mass is 16.5. The fourth-order valence-corrected chi connectivity index (χ4v) is 2.43. The van der Waals surface area contributed by atoms with Crippen molar-refractivity contribution in [3.05, 3.63) is 0 Å². The van der Waals surface area contributed by atoms with Gasteiger partial charge in [-0.2, -0.15) is 0 Å². The maximum atomic E-state index is 12.1. The van der Waals surface area contributed by atoms with Crippen molar-refractivity contribution in [2.24, 2.45) is 0 Å². The van der Waals surface area contributed by atoms with Crippen LogP contribution in [0.3, 0.4) is 0 Å². The fraction of sp³-hybridized carbons (Fsp3) is 0.917. The largest absolute Gasteiger partial charge is 0.376 e. The molecule has 2 N–H and O–H groups in total. The maximum absolute atomic E-state index is 12.1. The average molecular weight is 242 g/mol. The molecule has 1 amide bonds. The summed E-state index contributed by atoms with van der Waals surface area (Å²) >= 11 is 0. The van der Waals surface area contributed by atoms with Crippen LogP contribution in [0.5, 0.6) is 0 Å². The third kappa shape index (κ3) is 3.18. The van der Waals surface area contributed by atoms with E-state index in [4.69, 9.17) is 9.47 Å². The lowest BCUT2D eigenvalue weighted by Gasteiger charge is -2.31. The Morgan fingerprint density at radius 2 is 2.24 bits per heavy atom. The fourth-order valence-electron chi connectivity index (χ4n) is 2.43. The van der Waals surface area contributed by atoms with E-state index >= 15 is 0 Å². The van der Waals surface area contributed by atoms with Crippen molar-refractivity contribution >= 4 is 5.91 Å². The highest BCUT2D eigenvalue weighted by Crippen LogP contribution is 2.15. The number of carbonyl (C=O) groups excluding carboxylic acids is 1. The number of hydrogen-bond acceptors (Lipinski definition) is 4. The molecule has 0 radical (unpaired) electrons. The summed E-state index contributed by atoms with van der Waals surface area (Å²) in [5.41, 5.74) is 0. The predicted molar refractivity (Wildman–Crippen MR) is 63.8 cm³/mol. The molecule has 0 aromatic rings. The molecular formula is C12H22N2O3. The molecule has 2 heterocycles. The number of nitrogens with one attached hydrogen (secondary N) is 2. The van der Waals surface area contributed by atoms with Crippen LogP contribution in [-0.2, 0) is 14.3 Å². The first kappa shape index (κ1) is 12.8. The average Bonchev–Trinajstić information content (AvgIpc) is 2.82. The first-order chi connectivity index (χ1) is 8.18. The van der Waals surface area contributed by atoms with Crippen molar-refractivity contribution in [1.29, 1.82) is 0 Å². The minimum absolute atomic E-state index is 0.0141. The van der Waals surface area contributed by atoms with E-state index in [-0.39, 0.29) is 30.2 Å². The molecule has 5 nitrogen and oxygen atoms in total. The van der Waals surface area contributed by atoms with Crippen molar-refractivity contribution in [2.75, 3.05) is 19.8 Å². The molecule has 2 fully saturated rings. The second kappa shape index (κ2) is 5.80. The highest BCUT2D eigenvalue weighted by molar-refractivity contribution is 5.82. The van der Waals surface area contributed by atoms with Gasteiger partial charge in [0.1, 0.15) is 6.04 Å². The van der Waals surface area contributed by atoms with Gasteiger partial charge in [0.25, 0.3) is 0 Å². The molecule has 2 aliphatic heterocycles. The molecule has 0 aromatic carbocycles. The molecular weight excluding hydrogens is 220 g/mol. The number of ether oxygens (including phenoxy) is 2. The van der Waals surface area contributed by atoms with Crippen LogP contribution in [0.15, 0.2) is 0 Å². The first-order valence-electron chi connectivity index (χ1n) is 6.45. The summed E-state index contributed by atoms with van der Waals surface area (Å²) in [5, 5.41) is 6.20. The van der Waals surface area contributed by atoms with Gasteiger partial charge in [0.2, 0.25) is 5.91 Å². The van der Waals surface area contributed by atoms with Crippen LogP contribution in [-0.4, -0.2) is 50.0 Å². The summed E-state index contributed by atoms with van der Waals surface area (Å²) < 4.78 is 11.0. The Bertz CT molecular complexity index is 266. The van der Waals surface area contributed by atoms with E-state index in [1.54, 1.807) is 0 Å². The van der Waals surface area contributed by atoms with Crippen LogP contribution in [0.2, 0.25) is 0 Å². The van der Waals surface area contributed by atoms with Gasteiger partial charge in [-0.25, -0.2) is 0 Å². The van der Waals surface area contributed by atoms with Crippen LogP contribution >= 0.6 is 0 Å². The lowest BCUT2D eigenvalue weighted by Crippen LogP contribution is -2.57. The standard InChI is InChI=1S/C12H22N2O3/c1-8(10-4-3-6-17-10)14-12(15)11-9(2)16-7-5-13-11/h8-11,13H,3-7H2,1-2H3,(H,14,15)/t8?,9-,10?,11+/m1/s1. The molecule has 0 aliphatic carbocycles. The van der Waals surface area contributed by atoms with Crippen molar-refractivity contribution < 1.29 is 14.3 Å². The van der Waals surface area contributed by atoms with Crippen LogP contribution in [0.25, 0.3) is 0 Å². The summed E-state index contributed by atoms with van der Waals surface area (Å²) in [7, 11) is 0. The Hall–Kier alpha value is -0.650. The molecule has 0 aromatic heterocycles. The molecule has 2 saturated heterocycles. The molecule has 17 heavy (non-hydrogen) atoms. The Balaban J connectivity index is 1.82. The number of rotatable bonds is 3. The van der Waals surface area contributed by atoms with Gasteiger partial charge in [0.15, 0.2) is 0 Å². The van der Waals surface area contributed by atoms with E-state index in [1.807, 2.05) is 13.8 Å². The topological polar surface area (TPSA) is 59.6 Å². The normalized spacial score (nSPS) is 35.5. The van der Waals surface area contributed by atoms with Crippen LogP contribution in [0, 0.1) is 0 Å². The van der Waals surface area contributed by atoms with Crippen LogP contribution < -0.4 is 10.6 Å². The van der Waals surface area contributed by atoms with Gasteiger partial charge in [-0.1, -0.05) is 0 Å². The number of morpholine rings is 1. The minimum atomic E-state index is -0.243. The van der Waals surface area contributed by atoms with Gasteiger partial charge >= 0.3 is 0 Å². The summed E-state index contributed by atoms with van der Waals surface area (Å²) in [6, 6.07) is -0.173. The minimum Gasteiger partial charge on any atom is -0.376 e. The smallest absolute Gasteiger partial charge is 0.240 e. The third-order valence-electron chi connectivity index (χ3n) is 3.49. The van der Waals surface area contributed by atoms with Crippen LogP contribution in [0.4, 0.5) is 0 Å². The van der Waals surface area contributed by atoms with Crippen molar-refractivity contribution in [3.63, 3.8) is 0 Å². The lowest BCUT2D eigenvalue weighted by molar-refractivity contribution is -0.130. The first-order valence-corrected chi connectivity index (χ1v) is 6.45.